The van der Waals surface area contributed by atoms with Gasteiger partial charge in [0.05, 0.1) is 0 Å². The summed E-state index contributed by atoms with van der Waals surface area (Å²) in [4.78, 5) is 12.1. The quantitative estimate of drug-likeness (QED) is 0.835. The number of carbonyl (C=O) groups excluding carboxylic acids is 1. The molecule has 1 saturated heterocycles. The number of hydrogen-bond donors (Lipinski definition) is 2. The van der Waals surface area contributed by atoms with E-state index < -0.39 is 0 Å². The van der Waals surface area contributed by atoms with Gasteiger partial charge < -0.3 is 10.6 Å². The van der Waals surface area contributed by atoms with Gasteiger partial charge in [0.15, 0.2) is 0 Å². The summed E-state index contributed by atoms with van der Waals surface area (Å²) < 4.78 is 0. The summed E-state index contributed by atoms with van der Waals surface area (Å²) in [5.74, 6) is 0.0606. The van der Waals surface area contributed by atoms with E-state index in [0.717, 1.165) is 37.1 Å². The van der Waals surface area contributed by atoms with Crippen molar-refractivity contribution in [3.05, 3.63) is 35.4 Å². The number of amides is 1. The molecule has 0 saturated carbocycles. The molecule has 0 aromatic heterocycles. The third-order valence-corrected chi connectivity index (χ3v) is 3.58. The van der Waals surface area contributed by atoms with Crippen LogP contribution in [0.3, 0.4) is 0 Å². The van der Waals surface area contributed by atoms with Gasteiger partial charge in [-0.05, 0) is 43.9 Å². The normalized spacial score (nSPS) is 18.8. The highest BCUT2D eigenvalue weighted by atomic mass is 16.1. The lowest BCUT2D eigenvalue weighted by Crippen LogP contribution is -2.31. The Bertz CT molecular complexity index is 397. The summed E-state index contributed by atoms with van der Waals surface area (Å²) in [7, 11) is 0. The molecule has 2 N–H and O–H groups in total. The van der Waals surface area contributed by atoms with Crippen LogP contribution in [0.15, 0.2) is 24.3 Å². The number of nitrogens with one attached hydrogen (secondary N) is 2. The second-order valence-electron chi connectivity index (χ2n) is 4.85. The standard InChI is InChI=1S/C15H22N2O/c1-2-12-6-3-4-8-14(12)15(18)17-11-9-13-7-5-10-16-13/h3-4,6,8,13,16H,2,5,7,9-11H2,1H3,(H,17,18). The highest BCUT2D eigenvalue weighted by molar-refractivity contribution is 5.95. The van der Waals surface area contributed by atoms with Gasteiger partial charge in [0.2, 0.25) is 0 Å². The van der Waals surface area contributed by atoms with Crippen molar-refractivity contribution in [2.24, 2.45) is 0 Å². The van der Waals surface area contributed by atoms with Crippen LogP contribution < -0.4 is 10.6 Å². The van der Waals surface area contributed by atoms with Gasteiger partial charge in [0.1, 0.15) is 0 Å². The van der Waals surface area contributed by atoms with E-state index in [4.69, 9.17) is 0 Å². The molecule has 3 nitrogen and oxygen atoms in total. The van der Waals surface area contributed by atoms with Crippen LogP contribution in [0.1, 0.15) is 42.1 Å². The number of benzene rings is 1. The minimum absolute atomic E-state index is 0.0606. The van der Waals surface area contributed by atoms with Crippen LogP contribution in [-0.2, 0) is 6.42 Å². The fraction of sp³-hybridized carbons (Fsp3) is 0.533. The number of rotatable bonds is 5. The lowest BCUT2D eigenvalue weighted by atomic mass is 10.0. The van der Waals surface area contributed by atoms with Crippen LogP contribution in [0.2, 0.25) is 0 Å². The van der Waals surface area contributed by atoms with E-state index in [1.807, 2.05) is 24.3 Å². The summed E-state index contributed by atoms with van der Waals surface area (Å²) in [6, 6.07) is 8.42. The van der Waals surface area contributed by atoms with Crippen molar-refractivity contribution in [1.29, 1.82) is 0 Å². The molecule has 3 heteroatoms. The van der Waals surface area contributed by atoms with Crippen molar-refractivity contribution in [2.45, 2.75) is 38.6 Å². The topological polar surface area (TPSA) is 41.1 Å². The maximum atomic E-state index is 12.1. The number of carbonyl (C=O) groups is 1. The van der Waals surface area contributed by atoms with Crippen LogP contribution >= 0.6 is 0 Å². The van der Waals surface area contributed by atoms with E-state index in [0.29, 0.717) is 6.04 Å². The van der Waals surface area contributed by atoms with Crippen molar-refractivity contribution in [1.82, 2.24) is 10.6 Å². The number of hydrogen-bond acceptors (Lipinski definition) is 2. The van der Waals surface area contributed by atoms with Gasteiger partial charge in [-0.25, -0.2) is 0 Å². The zero-order valence-electron chi connectivity index (χ0n) is 11.0. The predicted molar refractivity (Wildman–Crippen MR) is 73.8 cm³/mol. The molecule has 1 aromatic carbocycles. The molecule has 1 aliphatic heterocycles. The predicted octanol–water partition coefficient (Wildman–Crippen LogP) is 2.12. The zero-order valence-corrected chi connectivity index (χ0v) is 11.0. The van der Waals surface area contributed by atoms with Gasteiger partial charge in [0.25, 0.3) is 5.91 Å². The smallest absolute Gasteiger partial charge is 0.251 e. The molecular formula is C15H22N2O. The van der Waals surface area contributed by atoms with Crippen molar-refractivity contribution in [2.75, 3.05) is 13.1 Å². The van der Waals surface area contributed by atoms with Crippen LogP contribution in [0, 0.1) is 0 Å². The molecule has 98 valence electrons. The van der Waals surface area contributed by atoms with Gasteiger partial charge in [0, 0.05) is 18.2 Å². The van der Waals surface area contributed by atoms with Crippen LogP contribution in [0.4, 0.5) is 0 Å². The molecule has 18 heavy (non-hydrogen) atoms. The van der Waals surface area contributed by atoms with Crippen molar-refractivity contribution in [3.8, 4) is 0 Å². The van der Waals surface area contributed by atoms with Crippen LogP contribution in [-0.4, -0.2) is 25.0 Å². The molecule has 1 atom stereocenters. The van der Waals surface area contributed by atoms with Gasteiger partial charge in [-0.1, -0.05) is 25.1 Å². The SMILES string of the molecule is CCc1ccccc1C(=O)NCCC1CCCN1. The van der Waals surface area contributed by atoms with E-state index in [2.05, 4.69) is 17.6 Å². The molecule has 0 aliphatic carbocycles. The Morgan fingerprint density at radius 1 is 1.44 bits per heavy atom. The minimum atomic E-state index is 0.0606. The molecule has 0 bridgehead atoms. The molecule has 1 aliphatic rings. The van der Waals surface area contributed by atoms with Gasteiger partial charge in [-0.15, -0.1) is 0 Å². The maximum Gasteiger partial charge on any atom is 0.251 e. The first-order chi connectivity index (χ1) is 8.81. The molecule has 0 radical (unpaired) electrons. The van der Waals surface area contributed by atoms with E-state index in [-0.39, 0.29) is 5.91 Å². The Morgan fingerprint density at radius 3 is 3.00 bits per heavy atom. The Kier molecular flexibility index (Phi) is 4.76. The van der Waals surface area contributed by atoms with E-state index in [9.17, 15) is 4.79 Å². The third-order valence-electron chi connectivity index (χ3n) is 3.58. The minimum Gasteiger partial charge on any atom is -0.352 e. The van der Waals surface area contributed by atoms with Crippen molar-refractivity contribution < 1.29 is 4.79 Å². The van der Waals surface area contributed by atoms with Gasteiger partial charge >= 0.3 is 0 Å². The molecule has 1 amide bonds. The molecule has 1 unspecified atom stereocenters. The highest BCUT2D eigenvalue weighted by Gasteiger charge is 2.14. The number of aryl methyl sites for hydroxylation is 1. The molecule has 1 heterocycles. The first-order valence-electron chi connectivity index (χ1n) is 6.90. The fourth-order valence-corrected chi connectivity index (χ4v) is 2.51. The lowest BCUT2D eigenvalue weighted by Gasteiger charge is -2.12. The molecule has 1 aromatic rings. The summed E-state index contributed by atoms with van der Waals surface area (Å²) in [5, 5.41) is 6.46. The lowest BCUT2D eigenvalue weighted by molar-refractivity contribution is 0.0951. The largest absolute Gasteiger partial charge is 0.352 e. The third kappa shape index (κ3) is 3.33. The van der Waals surface area contributed by atoms with Crippen LogP contribution in [0.25, 0.3) is 0 Å². The zero-order chi connectivity index (χ0) is 12.8. The van der Waals surface area contributed by atoms with Gasteiger partial charge in [-0.3, -0.25) is 4.79 Å². The average Bonchev–Trinajstić information content (AvgIpc) is 2.91. The summed E-state index contributed by atoms with van der Waals surface area (Å²) in [6.45, 7) is 3.96. The van der Waals surface area contributed by atoms with E-state index >= 15 is 0 Å². The Hall–Kier alpha value is -1.35. The van der Waals surface area contributed by atoms with E-state index in [1.54, 1.807) is 0 Å². The van der Waals surface area contributed by atoms with E-state index in [1.165, 1.54) is 12.8 Å². The molecule has 2 rings (SSSR count). The second kappa shape index (κ2) is 6.55. The first-order valence-corrected chi connectivity index (χ1v) is 6.90. The van der Waals surface area contributed by atoms with Gasteiger partial charge in [-0.2, -0.15) is 0 Å². The molecule has 1 fully saturated rings. The van der Waals surface area contributed by atoms with Crippen LogP contribution in [0.5, 0.6) is 0 Å². The molecule has 0 spiro atoms. The average molecular weight is 246 g/mol. The Morgan fingerprint density at radius 2 is 2.28 bits per heavy atom. The Labute approximate surface area is 109 Å². The summed E-state index contributed by atoms with van der Waals surface area (Å²) >= 11 is 0. The van der Waals surface area contributed by atoms with Crippen molar-refractivity contribution in [3.63, 3.8) is 0 Å². The summed E-state index contributed by atoms with van der Waals surface area (Å²) in [5.41, 5.74) is 1.94. The maximum absolute atomic E-state index is 12.1. The molecular weight excluding hydrogens is 224 g/mol. The Balaban J connectivity index is 1.83. The highest BCUT2D eigenvalue weighted by Crippen LogP contribution is 2.10. The fourth-order valence-electron chi connectivity index (χ4n) is 2.51. The monoisotopic (exact) mass is 246 g/mol. The second-order valence-corrected chi connectivity index (χ2v) is 4.85. The van der Waals surface area contributed by atoms with Crippen molar-refractivity contribution >= 4 is 5.91 Å². The first kappa shape index (κ1) is 13.1. The summed E-state index contributed by atoms with van der Waals surface area (Å²) in [6.07, 6.45) is 4.42.